The third-order valence-electron chi connectivity index (χ3n) is 0.711. The van der Waals surface area contributed by atoms with Gasteiger partial charge < -0.3 is 0 Å². The average Bonchev–Trinajstić information content (AvgIpc) is 1.83. The van der Waals surface area contributed by atoms with Crippen molar-refractivity contribution in [3.8, 4) is 0 Å². The van der Waals surface area contributed by atoms with Crippen molar-refractivity contribution in [2.24, 2.45) is 0 Å². The Morgan fingerprint density at radius 1 is 1.50 bits per heavy atom. The monoisotopic (exact) mass is 273 g/mol. The van der Waals surface area contributed by atoms with E-state index in [1.54, 1.807) is 0 Å². The van der Waals surface area contributed by atoms with Crippen molar-refractivity contribution in [2.75, 3.05) is 19.4 Å². The van der Waals surface area contributed by atoms with Crippen molar-refractivity contribution < 1.29 is 44.4 Å². The van der Waals surface area contributed by atoms with Gasteiger partial charge in [0.15, 0.2) is 0 Å². The molecule has 0 spiro atoms. The first-order valence-electron chi connectivity index (χ1n) is 2.79. The molecule has 0 aliphatic heterocycles. The fourth-order valence-corrected chi connectivity index (χ4v) is 4.02. The molecule has 0 aromatic heterocycles. The van der Waals surface area contributed by atoms with Crippen LogP contribution < -0.4 is 0 Å². The van der Waals surface area contributed by atoms with Crippen molar-refractivity contribution in [1.82, 2.24) is 0 Å². The quantitative estimate of drug-likeness (QED) is 0.712. The Hall–Kier alpha value is 1.97. The average molecular weight is 272 g/mol. The number of hydrogen-bond donors (Lipinski definition) is 0. The summed E-state index contributed by atoms with van der Waals surface area (Å²) in [5.41, 5.74) is 0. The summed E-state index contributed by atoms with van der Waals surface area (Å²) in [5, 5.41) is 0. The maximum absolute atomic E-state index is 5.37. The molecular weight excluding hydrogens is 259 g/mol. The molecule has 0 aliphatic rings. The summed E-state index contributed by atoms with van der Waals surface area (Å²) >= 11 is -0.208. The first-order chi connectivity index (χ1) is 3.81. The predicted molar refractivity (Wildman–Crippen MR) is 35.0 cm³/mol. The van der Waals surface area contributed by atoms with Crippen LogP contribution in [-0.4, -0.2) is 19.4 Å². The fourth-order valence-electron chi connectivity index (χ4n) is 0.181. The first-order valence-corrected chi connectivity index (χ1v) is 8.90. The van der Waals surface area contributed by atoms with Crippen LogP contribution in [0.3, 0.4) is 0 Å². The van der Waals surface area contributed by atoms with Gasteiger partial charge in [0.05, 0.1) is 0 Å². The number of rotatable bonds is 4. The molecule has 0 rings (SSSR count). The Morgan fingerprint density at radius 2 is 2.12 bits per heavy atom. The van der Waals surface area contributed by atoms with Crippen LogP contribution in [0.4, 0.5) is 0 Å². The molecule has 0 amide bonds. The Morgan fingerprint density at radius 3 is 2.50 bits per heavy atom. The molecule has 1 unspecified atom stereocenters. The van der Waals surface area contributed by atoms with Crippen LogP contribution >= 0.6 is 1.35 Å². The van der Waals surface area contributed by atoms with Crippen LogP contribution in [0.1, 0.15) is 13.8 Å². The van der Waals surface area contributed by atoms with Gasteiger partial charge in [0.25, 0.3) is 0 Å². The minimum absolute atomic E-state index is 0.208. The molecule has 0 aromatic rings. The summed E-state index contributed by atoms with van der Waals surface area (Å²) < 4.78 is 5.71. The summed E-state index contributed by atoms with van der Waals surface area (Å²) in [5.74, 6) is 0. The molecule has 3 heteroatoms. The van der Waals surface area contributed by atoms with E-state index in [1.165, 1.54) is 6.16 Å². The van der Waals surface area contributed by atoms with E-state index in [0.29, 0.717) is 1.35 Å². The Balaban J connectivity index is 2.86. The molecule has 0 fully saturated rings. The van der Waals surface area contributed by atoms with Gasteiger partial charge in [-0.3, -0.25) is 0 Å². The van der Waals surface area contributed by atoms with E-state index in [9.17, 15) is 0 Å². The Labute approximate surface area is 77.7 Å². The zero-order chi connectivity index (χ0) is 6.41. The maximum atomic E-state index is 5.37. The van der Waals surface area contributed by atoms with Crippen LogP contribution in [0, 0.1) is 44.4 Å². The molecule has 0 aliphatic carbocycles. The standard InChI is InChI=1S/C3H8P.C2H5O.Eu/c1-3-4-2;1-2-3;/h3H2,1-2H3;2H2,1H3;/q2*-1;+2. The van der Waals surface area contributed by atoms with Crippen LogP contribution in [0.2, 0.25) is 0 Å². The molecule has 0 aromatic carbocycles. The summed E-state index contributed by atoms with van der Waals surface area (Å²) in [6.07, 6.45) is 1.35. The van der Waals surface area contributed by atoms with Gasteiger partial charge in [-0.25, -0.2) is 0 Å². The van der Waals surface area contributed by atoms with Gasteiger partial charge in [-0.05, 0) is 0 Å². The van der Waals surface area contributed by atoms with Gasteiger partial charge >= 0.3 is 79.1 Å². The summed E-state index contributed by atoms with van der Waals surface area (Å²) in [6.45, 7) is 7.60. The molecule has 0 radical (unpaired) electrons. The fraction of sp³-hybridized carbons (Fsp3) is 1.00. The van der Waals surface area contributed by atoms with E-state index in [-0.39, 0.29) is 44.4 Å². The van der Waals surface area contributed by atoms with Gasteiger partial charge in [0.2, 0.25) is 0 Å². The summed E-state index contributed by atoms with van der Waals surface area (Å²) in [6, 6.07) is 0. The van der Waals surface area contributed by atoms with Gasteiger partial charge in [-0.2, -0.15) is 0 Å². The molecular formula is C5H13EuOP. The predicted octanol–water partition coefficient (Wildman–Crippen LogP) is 2.07. The Kier molecular flexibility index (Phi) is 8.83. The summed E-state index contributed by atoms with van der Waals surface area (Å²) in [4.78, 5) is 0. The van der Waals surface area contributed by atoms with E-state index < -0.39 is 0 Å². The van der Waals surface area contributed by atoms with E-state index in [0.717, 1.165) is 6.61 Å². The van der Waals surface area contributed by atoms with Crippen molar-refractivity contribution in [3.63, 3.8) is 0 Å². The van der Waals surface area contributed by atoms with Crippen LogP contribution in [-0.2, 0) is -0.00603 Å². The molecule has 1 atom stereocenters. The van der Waals surface area contributed by atoms with Crippen LogP contribution in [0.15, 0.2) is 0 Å². The van der Waals surface area contributed by atoms with Gasteiger partial charge in [0.1, 0.15) is 0 Å². The topological polar surface area (TPSA) is 9.23 Å². The zero-order valence-electron chi connectivity index (χ0n) is 5.65. The van der Waals surface area contributed by atoms with Gasteiger partial charge in [-0.1, -0.05) is 0 Å². The second-order valence-corrected chi connectivity index (χ2v) is 11.0. The van der Waals surface area contributed by atoms with Crippen molar-refractivity contribution in [3.05, 3.63) is 0 Å². The van der Waals surface area contributed by atoms with Crippen LogP contribution in [0.25, 0.3) is 0 Å². The second kappa shape index (κ2) is 7.09. The van der Waals surface area contributed by atoms with Crippen molar-refractivity contribution in [1.29, 1.82) is 0 Å². The Bertz CT molecular complexity index is 51.7. The minimum atomic E-state index is -0.208. The summed E-state index contributed by atoms with van der Waals surface area (Å²) in [7, 11) is 0. The number of hydrogen-bond acceptors (Lipinski definition) is 1. The van der Waals surface area contributed by atoms with Gasteiger partial charge in [0, 0.05) is 0 Å². The van der Waals surface area contributed by atoms with Crippen molar-refractivity contribution in [2.45, 2.75) is 13.8 Å². The molecule has 0 N–H and O–H groups in total. The second-order valence-electron chi connectivity index (χ2n) is 1.39. The molecule has 0 bridgehead atoms. The third-order valence-corrected chi connectivity index (χ3v) is 8.12. The van der Waals surface area contributed by atoms with Crippen molar-refractivity contribution >= 4 is 1.35 Å². The van der Waals surface area contributed by atoms with Crippen LogP contribution in [0.5, 0.6) is 0 Å². The molecule has 8 heavy (non-hydrogen) atoms. The molecule has 51 valence electrons. The SMILES string of the molecule is CC[O][Eu][P](C)CC. The van der Waals surface area contributed by atoms with E-state index in [1.807, 2.05) is 0 Å². The van der Waals surface area contributed by atoms with E-state index >= 15 is 0 Å². The molecule has 0 saturated carbocycles. The first kappa shape index (κ1) is 9.97. The normalized spacial score (nSPS) is 13.9. The zero-order valence-corrected chi connectivity index (χ0v) is 8.97. The molecule has 1 nitrogen and oxygen atoms in total. The van der Waals surface area contributed by atoms with Gasteiger partial charge in [-0.15, -0.1) is 0 Å². The van der Waals surface area contributed by atoms with E-state index in [2.05, 4.69) is 20.5 Å². The molecule has 0 saturated heterocycles. The molecule has 0 heterocycles. The van der Waals surface area contributed by atoms with E-state index in [4.69, 9.17) is -0.00603 Å². The third kappa shape index (κ3) is 6.10.